The number of nitrogen functional groups attached to an aromatic ring is 1. The van der Waals surface area contributed by atoms with Crippen LogP contribution >= 0.6 is 23.1 Å². The molecule has 4 aliphatic rings. The van der Waals surface area contributed by atoms with E-state index in [2.05, 4.69) is 15.5 Å². The summed E-state index contributed by atoms with van der Waals surface area (Å²) in [5.74, 6) is -4.22. The summed E-state index contributed by atoms with van der Waals surface area (Å²) < 4.78 is 33.6. The number of amides is 2. The normalized spacial score (nSPS) is 20.5. The average Bonchev–Trinajstić information content (AvgIpc) is 3.65. The molecule has 0 saturated carbocycles. The zero-order valence-corrected chi connectivity index (χ0v) is 34.0. The second-order valence-corrected chi connectivity index (χ2v) is 16.4. The quantitative estimate of drug-likeness (QED) is 0.0557. The maximum Gasteiger partial charge on any atom is 0.355 e. The molecule has 2 aromatic heterocycles. The number of carbonyl (C=O) groups excluding carboxylic acids is 5. The van der Waals surface area contributed by atoms with Crippen molar-refractivity contribution in [3.05, 3.63) is 61.8 Å². The van der Waals surface area contributed by atoms with Crippen LogP contribution < -0.4 is 21.4 Å². The van der Waals surface area contributed by atoms with Crippen LogP contribution in [0.3, 0.4) is 0 Å². The van der Waals surface area contributed by atoms with Crippen molar-refractivity contribution in [1.82, 2.24) is 19.8 Å². The van der Waals surface area contributed by atoms with E-state index in [1.54, 1.807) is 0 Å². The van der Waals surface area contributed by atoms with E-state index in [1.165, 1.54) is 48.3 Å². The first kappa shape index (κ1) is 41.6. The summed E-state index contributed by atoms with van der Waals surface area (Å²) in [6, 6.07) is 0.0245. The highest BCUT2D eigenvalue weighted by Crippen LogP contribution is 2.41. The number of hydrogen-bond acceptors (Lipinski definition) is 17. The van der Waals surface area contributed by atoms with Gasteiger partial charge in [-0.1, -0.05) is 5.16 Å². The molecule has 1 aromatic carbocycles. The Balaban J connectivity index is 1.00. The number of pyridine rings is 1. The van der Waals surface area contributed by atoms with Gasteiger partial charge in [0, 0.05) is 66.3 Å². The maximum absolute atomic E-state index is 15.8. The fraction of sp³-hybridized carbons (Fsp3) is 0.474. The Morgan fingerprint density at radius 3 is 2.51 bits per heavy atom. The van der Waals surface area contributed by atoms with Crippen LogP contribution in [0.1, 0.15) is 67.2 Å². The third-order valence-corrected chi connectivity index (χ3v) is 12.5. The predicted molar refractivity (Wildman–Crippen MR) is 213 cm³/mol. The number of halogens is 1. The molecule has 4 N–H and O–H groups in total. The second kappa shape index (κ2) is 17.4. The lowest BCUT2D eigenvalue weighted by atomic mass is 9.93. The number of rotatable bonds is 13. The zero-order chi connectivity index (χ0) is 42.1. The summed E-state index contributed by atoms with van der Waals surface area (Å²) in [6.07, 6.45) is 3.26. The summed E-state index contributed by atoms with van der Waals surface area (Å²) in [5.41, 5.74) is 6.60. The van der Waals surface area contributed by atoms with Gasteiger partial charge in [0.15, 0.2) is 10.8 Å². The number of hydrogen-bond donors (Lipinski definition) is 3. The van der Waals surface area contributed by atoms with E-state index in [0.717, 1.165) is 11.3 Å². The molecule has 6 heterocycles. The van der Waals surface area contributed by atoms with E-state index in [1.807, 2.05) is 16.4 Å². The number of aryl methyl sites for hydroxylation is 1. The number of fused-ring (bicyclic) bond motifs is 1. The minimum atomic E-state index is -1.06. The van der Waals surface area contributed by atoms with E-state index in [0.29, 0.717) is 61.1 Å². The molecule has 18 nitrogen and oxygen atoms in total. The third kappa shape index (κ3) is 8.22. The lowest BCUT2D eigenvalue weighted by molar-refractivity contribution is -0.153. The van der Waals surface area contributed by atoms with Gasteiger partial charge in [0.2, 0.25) is 5.43 Å². The molecule has 3 atom stereocenters. The Morgan fingerprint density at radius 1 is 1.10 bits per heavy atom. The van der Waals surface area contributed by atoms with Crippen molar-refractivity contribution in [2.75, 3.05) is 56.4 Å². The molecule has 0 radical (unpaired) electrons. The molecule has 59 heavy (non-hydrogen) atoms. The van der Waals surface area contributed by atoms with Gasteiger partial charge in [-0.2, -0.15) is 0 Å². The number of aromatic nitrogens is 2. The van der Waals surface area contributed by atoms with E-state index < -0.39 is 58.5 Å². The van der Waals surface area contributed by atoms with Crippen LogP contribution in [0, 0.1) is 5.82 Å². The Hall–Kier alpha value is -5.54. The SMILES string of the molecule is CO/N=C(\C(=O)NC1C(=O)N2C(C(=O)OCCCOC(=O)c3cn4c5c(c(N6CCC(O)CC6)c(F)cc5c3=O)CCC4C)=C(COC(C)=O)CS[C@H]12)c1csc(N)n1. The highest BCUT2D eigenvalue weighted by molar-refractivity contribution is 8.00. The van der Waals surface area contributed by atoms with Gasteiger partial charge in [-0.05, 0) is 38.7 Å². The lowest BCUT2D eigenvalue weighted by Crippen LogP contribution is -2.71. The molecule has 0 bridgehead atoms. The van der Waals surface area contributed by atoms with E-state index in [4.69, 9.17) is 24.8 Å². The molecule has 21 heteroatoms. The molecule has 7 rings (SSSR count). The molecule has 0 spiro atoms. The Bertz CT molecular complexity index is 2340. The van der Waals surface area contributed by atoms with E-state index >= 15 is 4.39 Å². The number of carbonyl (C=O) groups is 5. The minimum absolute atomic E-state index is 0.0163. The number of benzene rings is 1. The van der Waals surface area contributed by atoms with Crippen LogP contribution in [0.15, 0.2) is 38.9 Å². The molecular formula is C38H42FN7O11S2. The van der Waals surface area contributed by atoms with Gasteiger partial charge >= 0.3 is 17.9 Å². The van der Waals surface area contributed by atoms with Gasteiger partial charge in [0.1, 0.15) is 47.9 Å². The highest BCUT2D eigenvalue weighted by atomic mass is 32.2. The maximum atomic E-state index is 15.8. The second-order valence-electron chi connectivity index (χ2n) is 14.4. The van der Waals surface area contributed by atoms with Crippen molar-refractivity contribution in [2.45, 2.75) is 69.5 Å². The first-order chi connectivity index (χ1) is 28.3. The molecule has 4 aliphatic heterocycles. The molecule has 2 fully saturated rings. The molecule has 3 aromatic rings. The summed E-state index contributed by atoms with van der Waals surface area (Å²) >= 11 is 2.32. The first-order valence-corrected chi connectivity index (χ1v) is 20.8. The molecule has 2 amide bonds. The summed E-state index contributed by atoms with van der Waals surface area (Å²) in [5, 5.41) is 17.4. The van der Waals surface area contributed by atoms with Gasteiger partial charge in [0.25, 0.3) is 11.8 Å². The predicted octanol–water partition coefficient (Wildman–Crippen LogP) is 2.01. The number of aliphatic hydroxyl groups is 1. The van der Waals surface area contributed by atoms with Crippen molar-refractivity contribution in [1.29, 1.82) is 0 Å². The number of ether oxygens (including phenoxy) is 3. The van der Waals surface area contributed by atoms with Gasteiger partial charge in [-0.3, -0.25) is 24.1 Å². The van der Waals surface area contributed by atoms with E-state index in [-0.39, 0.29) is 71.2 Å². The monoisotopic (exact) mass is 855 g/mol. The largest absolute Gasteiger partial charge is 0.462 e. The van der Waals surface area contributed by atoms with Gasteiger partial charge in [-0.25, -0.2) is 19.0 Å². The molecule has 2 unspecified atom stereocenters. The lowest BCUT2D eigenvalue weighted by Gasteiger charge is -2.49. The van der Waals surface area contributed by atoms with Gasteiger partial charge in [-0.15, -0.1) is 23.1 Å². The van der Waals surface area contributed by atoms with Crippen LogP contribution in [0.25, 0.3) is 10.9 Å². The number of thioether (sulfide) groups is 1. The first-order valence-electron chi connectivity index (χ1n) is 18.9. The highest BCUT2D eigenvalue weighted by Gasteiger charge is 2.55. The Morgan fingerprint density at radius 2 is 1.83 bits per heavy atom. The van der Waals surface area contributed by atoms with Crippen LogP contribution in [0.5, 0.6) is 0 Å². The zero-order valence-electron chi connectivity index (χ0n) is 32.4. The smallest absolute Gasteiger partial charge is 0.355 e. The number of piperidine rings is 1. The van der Waals surface area contributed by atoms with E-state index in [9.17, 15) is 33.9 Å². The van der Waals surface area contributed by atoms with Crippen molar-refractivity contribution in [2.24, 2.45) is 5.16 Å². The molecule has 314 valence electrons. The number of anilines is 2. The van der Waals surface area contributed by atoms with Crippen molar-refractivity contribution in [3.8, 4) is 0 Å². The average molecular weight is 856 g/mol. The fourth-order valence-electron chi connectivity index (χ4n) is 7.62. The van der Waals surface area contributed by atoms with Gasteiger partial charge < -0.3 is 44.7 Å². The number of esters is 3. The number of β-lactam (4-membered cyclic amide) rings is 1. The number of aliphatic hydroxyl groups excluding tert-OH is 1. The fourth-order valence-corrected chi connectivity index (χ4v) is 9.49. The van der Waals surface area contributed by atoms with Gasteiger partial charge in [0.05, 0.1) is 30.5 Å². The summed E-state index contributed by atoms with van der Waals surface area (Å²) in [4.78, 5) is 90.7. The molecule has 0 aliphatic carbocycles. The Labute approximate surface area is 344 Å². The molecular weight excluding hydrogens is 814 g/mol. The third-order valence-electron chi connectivity index (χ3n) is 10.5. The van der Waals surface area contributed by atoms with Crippen LogP contribution in [-0.4, -0.2) is 118 Å². The summed E-state index contributed by atoms with van der Waals surface area (Å²) in [7, 11) is 1.24. The number of nitrogens with zero attached hydrogens (tertiary/aromatic N) is 5. The number of thiazole rings is 1. The standard InChI is InChI=1S/C38H42FN7O11S2/c1-18-5-6-22-30-23(13-25(39)31(22)44-9-7-21(48)8-10-44)32(49)24(14-45(18)30)36(52)55-11-4-12-56-37(53)29-20(15-57-19(2)47)16-58-35-28(34(51)46(29)35)42-33(50)27(43-54-3)26-17-59-38(40)41-26/h13-14,17-18,21,28,35,48H,4-12,15-16H2,1-3H3,(H2,40,41)(H,42,50)/b43-27-/t18?,28?,35-/m1/s1. The number of nitrogens with two attached hydrogens (primary N) is 1. The minimum Gasteiger partial charge on any atom is -0.462 e. The van der Waals surface area contributed by atoms with Crippen LogP contribution in [0.4, 0.5) is 15.2 Å². The Kier molecular flexibility index (Phi) is 12.2. The summed E-state index contributed by atoms with van der Waals surface area (Å²) in [6.45, 7) is 3.33. The van der Waals surface area contributed by atoms with Crippen LogP contribution in [0.2, 0.25) is 0 Å². The number of oxime groups is 1. The topological polar surface area (TPSA) is 234 Å². The molecule has 2 saturated heterocycles. The van der Waals surface area contributed by atoms with Crippen molar-refractivity contribution >= 4 is 80.3 Å². The van der Waals surface area contributed by atoms with Crippen LogP contribution in [-0.2, 0) is 44.6 Å². The number of nitrogens with one attached hydrogen (secondary N) is 1. The van der Waals surface area contributed by atoms with Crippen molar-refractivity contribution in [3.63, 3.8) is 0 Å². The van der Waals surface area contributed by atoms with Crippen molar-refractivity contribution < 1.29 is 52.5 Å².